The quantitative estimate of drug-likeness (QED) is 0.571. The van der Waals surface area contributed by atoms with Gasteiger partial charge in [-0.2, -0.15) is 0 Å². The van der Waals surface area contributed by atoms with Crippen molar-refractivity contribution < 1.29 is 8.42 Å². The third kappa shape index (κ3) is 5.40. The number of hydrazine groups is 1. The van der Waals surface area contributed by atoms with Crippen molar-refractivity contribution in [1.82, 2.24) is 20.9 Å². The minimum absolute atomic E-state index is 0.232. The van der Waals surface area contributed by atoms with E-state index < -0.39 is 15.6 Å². The second kappa shape index (κ2) is 8.71. The van der Waals surface area contributed by atoms with Crippen molar-refractivity contribution in [2.75, 3.05) is 13.1 Å². The molecule has 2 atom stereocenters. The van der Waals surface area contributed by atoms with Gasteiger partial charge < -0.3 is 5.32 Å². The molecule has 152 valence electrons. The van der Waals surface area contributed by atoms with Gasteiger partial charge >= 0.3 is 0 Å². The predicted octanol–water partition coefficient (Wildman–Crippen LogP) is 2.32. The smallest absolute Gasteiger partial charge is 0.241 e. The Morgan fingerprint density at radius 3 is 2.43 bits per heavy atom. The fourth-order valence-corrected chi connectivity index (χ4v) is 5.16. The van der Waals surface area contributed by atoms with Crippen LogP contribution in [0.25, 0.3) is 0 Å². The van der Waals surface area contributed by atoms with Crippen LogP contribution in [-0.2, 0) is 16.6 Å². The molecule has 28 heavy (non-hydrogen) atoms. The summed E-state index contributed by atoms with van der Waals surface area (Å²) in [6, 6.07) is 17.7. The summed E-state index contributed by atoms with van der Waals surface area (Å²) in [6.07, 6.45) is 0. The highest BCUT2D eigenvalue weighted by Gasteiger charge is 2.28. The molecule has 2 unspecified atom stereocenters. The molecule has 0 bridgehead atoms. The van der Waals surface area contributed by atoms with Crippen LogP contribution in [0.15, 0.2) is 59.5 Å². The molecule has 0 saturated carbocycles. The van der Waals surface area contributed by atoms with E-state index in [2.05, 4.69) is 33.0 Å². The van der Waals surface area contributed by atoms with Gasteiger partial charge in [0.15, 0.2) is 0 Å². The molecule has 6 nitrogen and oxygen atoms in total. The zero-order chi connectivity index (χ0) is 20.2. The molecule has 2 aromatic rings. The summed E-state index contributed by atoms with van der Waals surface area (Å²) in [5.41, 5.74) is 8.07. The van der Waals surface area contributed by atoms with Gasteiger partial charge in [-0.25, -0.2) is 18.6 Å². The van der Waals surface area contributed by atoms with Crippen LogP contribution in [0.5, 0.6) is 0 Å². The Labute approximate surface area is 168 Å². The van der Waals surface area contributed by atoms with Crippen LogP contribution < -0.4 is 20.9 Å². The summed E-state index contributed by atoms with van der Waals surface area (Å²) in [5, 5.41) is 3.45. The predicted molar refractivity (Wildman–Crippen MR) is 112 cm³/mol. The Hall–Kier alpha value is -1.77. The summed E-state index contributed by atoms with van der Waals surface area (Å²) in [5.74, 6) is 0.374. The normalized spacial score (nSPS) is 20.4. The third-order valence-corrected chi connectivity index (χ3v) is 6.53. The van der Waals surface area contributed by atoms with Crippen LogP contribution in [0.4, 0.5) is 0 Å². The summed E-state index contributed by atoms with van der Waals surface area (Å²) in [7, 11) is -3.57. The van der Waals surface area contributed by atoms with Crippen molar-refractivity contribution >= 4 is 10.0 Å². The fraction of sp³-hybridized carbons (Fsp3) is 0.429. The van der Waals surface area contributed by atoms with Gasteiger partial charge in [0.1, 0.15) is 0 Å². The first-order valence-corrected chi connectivity index (χ1v) is 11.1. The van der Waals surface area contributed by atoms with Crippen molar-refractivity contribution in [3.63, 3.8) is 0 Å². The number of nitrogens with one attached hydrogen (secondary N) is 4. The third-order valence-electron chi connectivity index (χ3n) is 4.68. The molecule has 3 rings (SSSR count). The zero-order valence-electron chi connectivity index (χ0n) is 16.7. The van der Waals surface area contributed by atoms with Crippen LogP contribution in [0, 0.1) is 5.92 Å². The molecular formula is C21H30N4O2S. The standard InChI is InChI=1S/C21H30N4O2S/c1-21(2,3)25-28(26,27)19-12-8-7-11-17(19)13-22-14-18-15-23-24-20(18)16-9-5-4-6-10-16/h4-12,18,20,22-25H,13-15H2,1-3H3. The molecule has 1 fully saturated rings. The van der Waals surface area contributed by atoms with E-state index >= 15 is 0 Å². The van der Waals surface area contributed by atoms with Crippen molar-refractivity contribution in [2.45, 2.75) is 43.8 Å². The topological polar surface area (TPSA) is 82.3 Å². The first-order valence-electron chi connectivity index (χ1n) is 9.62. The monoisotopic (exact) mass is 402 g/mol. The molecule has 4 N–H and O–H groups in total. The number of hydrogen-bond acceptors (Lipinski definition) is 5. The van der Waals surface area contributed by atoms with E-state index in [0.29, 0.717) is 17.4 Å². The molecule has 1 aliphatic heterocycles. The van der Waals surface area contributed by atoms with Crippen LogP contribution in [0.2, 0.25) is 0 Å². The molecule has 1 heterocycles. The van der Waals surface area contributed by atoms with Gasteiger partial charge in [-0.1, -0.05) is 48.5 Å². The van der Waals surface area contributed by atoms with E-state index in [0.717, 1.165) is 18.7 Å². The molecular weight excluding hydrogens is 372 g/mol. The average molecular weight is 403 g/mol. The molecule has 0 radical (unpaired) electrons. The van der Waals surface area contributed by atoms with E-state index in [1.165, 1.54) is 5.56 Å². The van der Waals surface area contributed by atoms with E-state index in [-0.39, 0.29) is 6.04 Å². The zero-order valence-corrected chi connectivity index (χ0v) is 17.5. The Bertz CT molecular complexity index is 879. The number of benzene rings is 2. The minimum atomic E-state index is -3.57. The summed E-state index contributed by atoms with van der Waals surface area (Å²) in [4.78, 5) is 0.333. The molecule has 1 aliphatic rings. The van der Waals surface area contributed by atoms with Gasteiger partial charge in [0.25, 0.3) is 0 Å². The summed E-state index contributed by atoms with van der Waals surface area (Å²) >= 11 is 0. The lowest BCUT2D eigenvalue weighted by Crippen LogP contribution is -2.41. The Morgan fingerprint density at radius 2 is 1.71 bits per heavy atom. The minimum Gasteiger partial charge on any atom is -0.312 e. The van der Waals surface area contributed by atoms with Gasteiger partial charge in [0.05, 0.1) is 10.9 Å². The Kier molecular flexibility index (Phi) is 6.52. The van der Waals surface area contributed by atoms with Crippen LogP contribution in [0.1, 0.15) is 37.9 Å². The van der Waals surface area contributed by atoms with Crippen LogP contribution in [0.3, 0.4) is 0 Å². The highest BCUT2D eigenvalue weighted by molar-refractivity contribution is 7.89. The van der Waals surface area contributed by atoms with E-state index in [4.69, 9.17) is 0 Å². The van der Waals surface area contributed by atoms with Crippen molar-refractivity contribution in [3.05, 3.63) is 65.7 Å². The van der Waals surface area contributed by atoms with E-state index in [1.54, 1.807) is 12.1 Å². The van der Waals surface area contributed by atoms with Crippen molar-refractivity contribution in [1.29, 1.82) is 0 Å². The highest BCUT2D eigenvalue weighted by atomic mass is 32.2. The van der Waals surface area contributed by atoms with Gasteiger partial charge in [0.2, 0.25) is 10.0 Å². The molecule has 0 amide bonds. The average Bonchev–Trinajstić information content (AvgIpc) is 3.09. The lowest BCUT2D eigenvalue weighted by molar-refractivity contribution is 0.440. The first kappa shape index (κ1) is 21.0. The van der Waals surface area contributed by atoms with Gasteiger partial charge in [-0.15, -0.1) is 0 Å². The van der Waals surface area contributed by atoms with Crippen LogP contribution in [-0.4, -0.2) is 27.0 Å². The lowest BCUT2D eigenvalue weighted by atomic mass is 9.95. The van der Waals surface area contributed by atoms with Gasteiger partial charge in [-0.3, -0.25) is 5.43 Å². The molecule has 0 aromatic heterocycles. The SMILES string of the molecule is CC(C)(C)NS(=O)(=O)c1ccccc1CNCC1CNNC1c1ccccc1. The fourth-order valence-electron chi connectivity index (χ4n) is 3.50. The molecule has 0 aliphatic carbocycles. The number of rotatable bonds is 7. The first-order chi connectivity index (χ1) is 13.3. The van der Waals surface area contributed by atoms with Crippen molar-refractivity contribution in [3.8, 4) is 0 Å². The maximum absolute atomic E-state index is 12.8. The summed E-state index contributed by atoms with van der Waals surface area (Å²) < 4.78 is 28.3. The molecule has 0 spiro atoms. The Balaban J connectivity index is 1.66. The highest BCUT2D eigenvalue weighted by Crippen LogP contribution is 2.24. The van der Waals surface area contributed by atoms with Gasteiger partial charge in [-0.05, 0) is 38.0 Å². The second-order valence-corrected chi connectivity index (χ2v) is 9.92. The maximum atomic E-state index is 12.8. The summed E-state index contributed by atoms with van der Waals surface area (Å²) in [6.45, 7) is 7.66. The molecule has 1 saturated heterocycles. The maximum Gasteiger partial charge on any atom is 0.241 e. The largest absolute Gasteiger partial charge is 0.312 e. The van der Waals surface area contributed by atoms with Crippen molar-refractivity contribution in [2.24, 2.45) is 5.92 Å². The van der Waals surface area contributed by atoms with E-state index in [1.807, 2.05) is 51.1 Å². The van der Waals surface area contributed by atoms with Gasteiger partial charge in [0, 0.05) is 31.1 Å². The number of hydrogen-bond donors (Lipinski definition) is 4. The van der Waals surface area contributed by atoms with Crippen LogP contribution >= 0.6 is 0 Å². The lowest BCUT2D eigenvalue weighted by Gasteiger charge is -2.22. The Morgan fingerprint density at radius 1 is 1.04 bits per heavy atom. The number of sulfonamides is 1. The molecule has 7 heteroatoms. The molecule has 2 aromatic carbocycles. The second-order valence-electron chi connectivity index (χ2n) is 8.27. The van der Waals surface area contributed by atoms with E-state index in [9.17, 15) is 8.42 Å².